The van der Waals surface area contributed by atoms with E-state index in [0.717, 1.165) is 24.3 Å². The molecule has 0 aromatic heterocycles. The van der Waals surface area contributed by atoms with E-state index in [9.17, 15) is 13.2 Å². The summed E-state index contributed by atoms with van der Waals surface area (Å²) >= 11 is 0. The zero-order valence-electron chi connectivity index (χ0n) is 13.0. The first-order valence-corrected chi connectivity index (χ1v) is 10.1. The number of ether oxygens (including phenoxy) is 1. The van der Waals surface area contributed by atoms with Gasteiger partial charge in [-0.3, -0.25) is 4.79 Å². The topological polar surface area (TPSA) is 63.7 Å². The molecule has 124 valence electrons. The van der Waals surface area contributed by atoms with E-state index in [2.05, 4.69) is 0 Å². The van der Waals surface area contributed by atoms with Crippen LogP contribution in [-0.4, -0.2) is 38.0 Å². The maximum Gasteiger partial charge on any atom is 0.227 e. The number of carbonyl (C=O) groups is 1. The van der Waals surface area contributed by atoms with Crippen LogP contribution in [0.4, 0.5) is 5.69 Å². The van der Waals surface area contributed by atoms with Crippen molar-refractivity contribution >= 4 is 21.4 Å². The Balaban J connectivity index is 1.58. The molecule has 5 nitrogen and oxygen atoms in total. The number of rotatable bonds is 3. The van der Waals surface area contributed by atoms with Gasteiger partial charge in [-0.1, -0.05) is 6.07 Å². The molecule has 2 heterocycles. The van der Waals surface area contributed by atoms with E-state index in [1.54, 1.807) is 4.90 Å². The highest BCUT2D eigenvalue weighted by Gasteiger charge is 2.49. The standard InChI is InChI=1S/C17H21NO4S/c19-17-8-12-10-23(20,21)11-16(12)18(17)13-4-3-7-15(9-13)22-14-5-1-2-6-14/h3-4,7,9,12,14,16H,1-2,5-6,8,10-11H2/t12-,16-/m0/s1. The van der Waals surface area contributed by atoms with Crippen molar-refractivity contribution in [1.29, 1.82) is 0 Å². The number of fused-ring (bicyclic) bond motifs is 1. The second kappa shape index (κ2) is 5.51. The van der Waals surface area contributed by atoms with Crippen molar-refractivity contribution in [2.24, 2.45) is 5.92 Å². The summed E-state index contributed by atoms with van der Waals surface area (Å²) in [7, 11) is -3.02. The van der Waals surface area contributed by atoms with Crippen LogP contribution in [0.5, 0.6) is 5.75 Å². The fourth-order valence-corrected chi connectivity index (χ4v) is 6.20. The Morgan fingerprint density at radius 2 is 1.91 bits per heavy atom. The summed E-state index contributed by atoms with van der Waals surface area (Å²) in [4.78, 5) is 14.0. The van der Waals surface area contributed by atoms with Gasteiger partial charge in [0, 0.05) is 24.1 Å². The minimum absolute atomic E-state index is 0.0212. The highest BCUT2D eigenvalue weighted by atomic mass is 32.2. The van der Waals surface area contributed by atoms with Gasteiger partial charge in [0.25, 0.3) is 0 Å². The van der Waals surface area contributed by atoms with E-state index in [0.29, 0.717) is 6.42 Å². The predicted molar refractivity (Wildman–Crippen MR) is 87.4 cm³/mol. The average molecular weight is 335 g/mol. The molecule has 1 aromatic rings. The molecule has 4 rings (SSSR count). The molecule has 0 spiro atoms. The van der Waals surface area contributed by atoms with Crippen molar-refractivity contribution in [2.45, 2.75) is 44.2 Å². The number of sulfone groups is 1. The lowest BCUT2D eigenvalue weighted by Gasteiger charge is -2.24. The highest BCUT2D eigenvalue weighted by Crippen LogP contribution is 2.38. The van der Waals surface area contributed by atoms with Crippen molar-refractivity contribution in [3.05, 3.63) is 24.3 Å². The predicted octanol–water partition coefficient (Wildman–Crippen LogP) is 2.16. The smallest absolute Gasteiger partial charge is 0.227 e. The maximum atomic E-state index is 12.3. The van der Waals surface area contributed by atoms with Gasteiger partial charge in [0.15, 0.2) is 9.84 Å². The van der Waals surface area contributed by atoms with Crippen molar-refractivity contribution in [3.63, 3.8) is 0 Å². The Bertz CT molecular complexity index is 724. The summed E-state index contributed by atoms with van der Waals surface area (Å²) in [5.41, 5.74) is 0.759. The van der Waals surface area contributed by atoms with Crippen molar-refractivity contribution in [3.8, 4) is 5.75 Å². The van der Waals surface area contributed by atoms with E-state index in [-0.39, 0.29) is 35.5 Å². The Hall–Kier alpha value is -1.56. The number of amides is 1. The first-order chi connectivity index (χ1) is 11.0. The molecule has 1 amide bonds. The molecule has 1 saturated carbocycles. The largest absolute Gasteiger partial charge is 0.490 e. The van der Waals surface area contributed by atoms with E-state index in [1.165, 1.54) is 12.8 Å². The van der Waals surface area contributed by atoms with E-state index >= 15 is 0 Å². The van der Waals surface area contributed by atoms with Gasteiger partial charge in [0.2, 0.25) is 5.91 Å². The van der Waals surface area contributed by atoms with Crippen LogP contribution in [0, 0.1) is 5.92 Å². The Kier molecular flexibility index (Phi) is 3.59. The zero-order chi connectivity index (χ0) is 16.0. The summed E-state index contributed by atoms with van der Waals surface area (Å²) < 4.78 is 29.7. The lowest BCUT2D eigenvalue weighted by Crippen LogP contribution is -2.36. The normalized spacial score (nSPS) is 29.9. The van der Waals surface area contributed by atoms with Crippen LogP contribution in [0.25, 0.3) is 0 Å². The summed E-state index contributed by atoms with van der Waals surface area (Å²) in [6.07, 6.45) is 5.16. The SMILES string of the molecule is O=C1C[C@H]2CS(=O)(=O)C[C@@H]2N1c1cccc(OC2CCCC2)c1. The number of carbonyl (C=O) groups excluding carboxylic acids is 1. The molecule has 3 fully saturated rings. The Morgan fingerprint density at radius 3 is 2.70 bits per heavy atom. The van der Waals surface area contributed by atoms with Crippen molar-refractivity contribution in [1.82, 2.24) is 0 Å². The molecule has 0 radical (unpaired) electrons. The second-order valence-electron chi connectivity index (χ2n) is 6.89. The van der Waals surface area contributed by atoms with Gasteiger partial charge >= 0.3 is 0 Å². The van der Waals surface area contributed by atoms with Gasteiger partial charge in [0.1, 0.15) is 5.75 Å². The van der Waals surface area contributed by atoms with E-state index < -0.39 is 9.84 Å². The van der Waals surface area contributed by atoms with Gasteiger partial charge < -0.3 is 9.64 Å². The van der Waals surface area contributed by atoms with Gasteiger partial charge in [-0.15, -0.1) is 0 Å². The van der Waals surface area contributed by atoms with Crippen molar-refractivity contribution in [2.75, 3.05) is 16.4 Å². The van der Waals surface area contributed by atoms with E-state index in [1.807, 2.05) is 24.3 Å². The molecular weight excluding hydrogens is 314 g/mol. The third kappa shape index (κ3) is 2.84. The third-order valence-electron chi connectivity index (χ3n) is 5.17. The molecule has 0 unspecified atom stereocenters. The molecular formula is C17H21NO4S. The average Bonchev–Trinajstić information content (AvgIpc) is 3.14. The second-order valence-corrected chi connectivity index (χ2v) is 9.05. The summed E-state index contributed by atoms with van der Waals surface area (Å²) in [5.74, 6) is 0.946. The molecule has 1 aromatic carbocycles. The number of benzene rings is 1. The number of hydrogen-bond acceptors (Lipinski definition) is 4. The highest BCUT2D eigenvalue weighted by molar-refractivity contribution is 7.91. The quantitative estimate of drug-likeness (QED) is 0.849. The van der Waals surface area contributed by atoms with Crippen LogP contribution in [0.2, 0.25) is 0 Å². The molecule has 0 bridgehead atoms. The fraction of sp³-hybridized carbons (Fsp3) is 0.588. The van der Waals surface area contributed by atoms with Gasteiger partial charge in [-0.2, -0.15) is 0 Å². The van der Waals surface area contributed by atoms with Gasteiger partial charge in [0.05, 0.1) is 23.7 Å². The summed E-state index contributed by atoms with van der Waals surface area (Å²) in [5, 5.41) is 0. The zero-order valence-corrected chi connectivity index (χ0v) is 13.8. The Labute approximate surface area is 136 Å². The van der Waals surface area contributed by atoms with Crippen LogP contribution in [0.3, 0.4) is 0 Å². The lowest BCUT2D eigenvalue weighted by molar-refractivity contribution is -0.117. The Morgan fingerprint density at radius 1 is 1.13 bits per heavy atom. The monoisotopic (exact) mass is 335 g/mol. The summed E-state index contributed by atoms with van der Waals surface area (Å²) in [6, 6.07) is 7.32. The minimum Gasteiger partial charge on any atom is -0.490 e. The molecule has 3 aliphatic rings. The fourth-order valence-electron chi connectivity index (χ4n) is 4.13. The number of anilines is 1. The van der Waals surface area contributed by atoms with Crippen molar-refractivity contribution < 1.29 is 17.9 Å². The first-order valence-electron chi connectivity index (χ1n) is 8.31. The molecule has 2 aliphatic heterocycles. The molecule has 2 saturated heterocycles. The number of hydrogen-bond donors (Lipinski definition) is 0. The maximum absolute atomic E-state index is 12.3. The van der Waals surface area contributed by atoms with Crippen LogP contribution >= 0.6 is 0 Å². The van der Waals surface area contributed by atoms with Gasteiger partial charge in [-0.05, 0) is 37.8 Å². The number of nitrogens with zero attached hydrogens (tertiary/aromatic N) is 1. The van der Waals surface area contributed by atoms with Gasteiger partial charge in [-0.25, -0.2) is 8.42 Å². The molecule has 2 atom stereocenters. The van der Waals surface area contributed by atoms with Crippen LogP contribution in [0.15, 0.2) is 24.3 Å². The summed E-state index contributed by atoms with van der Waals surface area (Å²) in [6.45, 7) is 0. The molecule has 0 N–H and O–H groups in total. The van der Waals surface area contributed by atoms with Crippen LogP contribution in [-0.2, 0) is 14.6 Å². The van der Waals surface area contributed by atoms with E-state index in [4.69, 9.17) is 4.74 Å². The molecule has 6 heteroatoms. The lowest BCUT2D eigenvalue weighted by atomic mass is 10.0. The molecule has 1 aliphatic carbocycles. The molecule has 23 heavy (non-hydrogen) atoms. The van der Waals surface area contributed by atoms with Crippen LogP contribution < -0.4 is 9.64 Å². The minimum atomic E-state index is -3.02. The first kappa shape index (κ1) is 15.0. The third-order valence-corrected chi connectivity index (χ3v) is 6.96. The van der Waals surface area contributed by atoms with Crippen LogP contribution in [0.1, 0.15) is 32.1 Å².